The molecule has 7 nitrogen and oxygen atoms in total. The summed E-state index contributed by atoms with van der Waals surface area (Å²) in [6, 6.07) is 15.1. The van der Waals surface area contributed by atoms with Crippen LogP contribution in [0.3, 0.4) is 0 Å². The van der Waals surface area contributed by atoms with Crippen LogP contribution >= 0.6 is 11.6 Å². The molecule has 4 unspecified atom stereocenters. The zero-order valence-electron chi connectivity index (χ0n) is 18.3. The first-order valence-electron chi connectivity index (χ1n) is 11.6. The summed E-state index contributed by atoms with van der Waals surface area (Å²) in [4.78, 5) is 27.5. The van der Waals surface area contributed by atoms with E-state index in [1.165, 1.54) is 0 Å². The molecule has 1 N–H and O–H groups in total. The highest BCUT2D eigenvalue weighted by Gasteiger charge is 2.44. The van der Waals surface area contributed by atoms with E-state index in [1.807, 2.05) is 47.4 Å². The molecular weight excluding hydrogens is 440 g/mol. The highest BCUT2D eigenvalue weighted by Crippen LogP contribution is 2.40. The number of halogens is 1. The van der Waals surface area contributed by atoms with Crippen LogP contribution in [0.4, 0.5) is 0 Å². The van der Waals surface area contributed by atoms with E-state index in [2.05, 4.69) is 10.3 Å². The van der Waals surface area contributed by atoms with Crippen LogP contribution in [-0.4, -0.2) is 49.5 Å². The lowest BCUT2D eigenvalue weighted by molar-refractivity contribution is -0.154. The van der Waals surface area contributed by atoms with Crippen molar-refractivity contribution in [2.45, 2.75) is 50.6 Å². The Morgan fingerprint density at radius 3 is 2.64 bits per heavy atom. The van der Waals surface area contributed by atoms with Gasteiger partial charge >= 0.3 is 5.97 Å². The zero-order chi connectivity index (χ0) is 22.9. The van der Waals surface area contributed by atoms with Gasteiger partial charge in [0.15, 0.2) is 0 Å². The molecule has 0 spiro atoms. The Hall–Kier alpha value is -2.93. The second-order valence-corrected chi connectivity index (χ2v) is 9.52. The Labute approximate surface area is 197 Å². The van der Waals surface area contributed by atoms with Crippen molar-refractivity contribution in [3.63, 3.8) is 0 Å². The van der Waals surface area contributed by atoms with Crippen molar-refractivity contribution in [2.24, 2.45) is 11.8 Å². The molecule has 0 bridgehead atoms. The number of fused-ring (bicyclic) bond motifs is 2. The lowest BCUT2D eigenvalue weighted by atomic mass is 9.71. The van der Waals surface area contributed by atoms with Crippen molar-refractivity contribution in [1.82, 2.24) is 19.9 Å². The Morgan fingerprint density at radius 2 is 1.85 bits per heavy atom. The van der Waals surface area contributed by atoms with Crippen molar-refractivity contribution in [3.8, 4) is 0 Å². The summed E-state index contributed by atoms with van der Waals surface area (Å²) in [5.74, 6) is -1.01. The lowest BCUT2D eigenvalue weighted by Gasteiger charge is -2.47. The maximum Gasteiger partial charge on any atom is 0.306 e. The van der Waals surface area contributed by atoms with E-state index in [0.717, 1.165) is 36.8 Å². The van der Waals surface area contributed by atoms with Crippen molar-refractivity contribution < 1.29 is 14.7 Å². The third-order valence-corrected chi connectivity index (χ3v) is 7.62. The van der Waals surface area contributed by atoms with Crippen LogP contribution in [0.2, 0.25) is 5.02 Å². The first-order chi connectivity index (χ1) is 16.0. The molecule has 4 atom stereocenters. The van der Waals surface area contributed by atoms with Crippen molar-refractivity contribution in [2.75, 3.05) is 6.54 Å². The smallest absolute Gasteiger partial charge is 0.306 e. The summed E-state index contributed by atoms with van der Waals surface area (Å²) in [7, 11) is 0. The second kappa shape index (κ2) is 9.14. The number of likely N-dealkylation sites (tertiary alicyclic amines) is 1. The van der Waals surface area contributed by atoms with Crippen molar-refractivity contribution in [1.29, 1.82) is 0 Å². The summed E-state index contributed by atoms with van der Waals surface area (Å²) >= 11 is 6.33. The van der Waals surface area contributed by atoms with E-state index in [-0.39, 0.29) is 36.2 Å². The van der Waals surface area contributed by atoms with E-state index in [4.69, 9.17) is 11.6 Å². The average molecular weight is 467 g/mol. The third kappa shape index (κ3) is 4.10. The summed E-state index contributed by atoms with van der Waals surface area (Å²) in [5.41, 5.74) is 2.37. The molecule has 172 valence electrons. The van der Waals surface area contributed by atoms with Gasteiger partial charge in [-0.15, -0.1) is 5.10 Å². The Morgan fingerprint density at radius 1 is 1.06 bits per heavy atom. The number of piperidine rings is 1. The van der Waals surface area contributed by atoms with Gasteiger partial charge in [0.05, 0.1) is 28.9 Å². The maximum atomic E-state index is 13.7. The topological polar surface area (TPSA) is 88.3 Å². The Bertz CT molecular complexity index is 1160. The van der Waals surface area contributed by atoms with Gasteiger partial charge < -0.3 is 10.0 Å². The largest absolute Gasteiger partial charge is 0.481 e. The monoisotopic (exact) mass is 466 g/mol. The van der Waals surface area contributed by atoms with Gasteiger partial charge in [-0.3, -0.25) is 9.59 Å². The van der Waals surface area contributed by atoms with E-state index in [9.17, 15) is 14.7 Å². The van der Waals surface area contributed by atoms with Crippen LogP contribution in [0.25, 0.3) is 11.0 Å². The molecule has 1 saturated heterocycles. The van der Waals surface area contributed by atoms with Gasteiger partial charge in [-0.25, -0.2) is 4.68 Å². The van der Waals surface area contributed by atoms with Crippen LogP contribution in [0, 0.1) is 11.8 Å². The maximum absolute atomic E-state index is 13.7. The Balaban J connectivity index is 1.47. The first kappa shape index (κ1) is 21.9. The molecule has 2 heterocycles. The van der Waals surface area contributed by atoms with Gasteiger partial charge in [0.25, 0.3) is 0 Å². The molecule has 1 aliphatic carbocycles. The lowest BCUT2D eigenvalue weighted by Crippen LogP contribution is -2.54. The standard InChI is InChI=1S/C25H27ClN4O3/c26-19-10-6-12-21-24(19)27-28-30(21)22(16-7-2-1-3-8-16)15-23(31)29-14-13-18(25(32)33)17-9-4-5-11-20(17)29/h1-3,6-8,10,12,17-18,20,22H,4-5,9,11,13-15H2,(H,32,33). The van der Waals surface area contributed by atoms with Crippen LogP contribution in [-0.2, 0) is 9.59 Å². The average Bonchev–Trinajstić information content (AvgIpc) is 3.27. The number of rotatable bonds is 5. The minimum Gasteiger partial charge on any atom is -0.481 e. The van der Waals surface area contributed by atoms with Gasteiger partial charge in [-0.1, -0.05) is 66.1 Å². The number of hydrogen-bond donors (Lipinski definition) is 1. The number of aromatic nitrogens is 3. The van der Waals surface area contributed by atoms with Gasteiger partial charge in [0.2, 0.25) is 5.91 Å². The number of carbonyl (C=O) groups excluding carboxylic acids is 1. The van der Waals surface area contributed by atoms with E-state index in [0.29, 0.717) is 23.5 Å². The van der Waals surface area contributed by atoms with Crippen molar-refractivity contribution >= 4 is 34.5 Å². The minimum atomic E-state index is -0.730. The summed E-state index contributed by atoms with van der Waals surface area (Å²) in [6.45, 7) is 0.489. The fraction of sp³-hybridized carbons (Fsp3) is 0.440. The number of hydrogen-bond acceptors (Lipinski definition) is 4. The molecule has 1 amide bonds. The zero-order valence-corrected chi connectivity index (χ0v) is 19.1. The molecule has 1 saturated carbocycles. The third-order valence-electron chi connectivity index (χ3n) is 7.32. The molecule has 3 aromatic rings. The van der Waals surface area contributed by atoms with E-state index < -0.39 is 5.97 Å². The molecule has 8 heteroatoms. The number of benzene rings is 2. The quantitative estimate of drug-likeness (QED) is 0.595. The normalized spacial score (nSPS) is 23.8. The minimum absolute atomic E-state index is 0.000501. The van der Waals surface area contributed by atoms with E-state index in [1.54, 1.807) is 10.7 Å². The Kier molecular flexibility index (Phi) is 6.06. The molecule has 2 aliphatic rings. The van der Waals surface area contributed by atoms with Crippen LogP contribution in [0.15, 0.2) is 48.5 Å². The molecule has 2 fully saturated rings. The second-order valence-electron chi connectivity index (χ2n) is 9.11. The van der Waals surface area contributed by atoms with Gasteiger partial charge in [-0.05, 0) is 42.9 Å². The first-order valence-corrected chi connectivity index (χ1v) is 12.0. The fourth-order valence-electron chi connectivity index (χ4n) is 5.73. The molecule has 0 radical (unpaired) electrons. The molecule has 1 aliphatic heterocycles. The predicted octanol–water partition coefficient (Wildman–Crippen LogP) is 4.56. The van der Waals surface area contributed by atoms with E-state index >= 15 is 0 Å². The highest BCUT2D eigenvalue weighted by molar-refractivity contribution is 6.34. The van der Waals surface area contributed by atoms with Crippen molar-refractivity contribution in [3.05, 3.63) is 59.1 Å². The number of nitrogens with zero attached hydrogens (tertiary/aromatic N) is 4. The number of aliphatic carboxylic acids is 1. The molecule has 5 rings (SSSR count). The highest BCUT2D eigenvalue weighted by atomic mass is 35.5. The molecular formula is C25H27ClN4O3. The van der Waals surface area contributed by atoms with Gasteiger partial charge in [0, 0.05) is 12.6 Å². The van der Waals surface area contributed by atoms with Gasteiger partial charge in [0.1, 0.15) is 5.52 Å². The fourth-order valence-corrected chi connectivity index (χ4v) is 5.94. The summed E-state index contributed by atoms with van der Waals surface area (Å²) in [5, 5.41) is 18.9. The number of carboxylic acids is 1. The molecule has 2 aromatic carbocycles. The summed E-state index contributed by atoms with van der Waals surface area (Å²) in [6.07, 6.45) is 4.56. The van der Waals surface area contributed by atoms with Gasteiger partial charge in [-0.2, -0.15) is 0 Å². The number of carboxylic acid groups (broad SMARTS) is 1. The predicted molar refractivity (Wildman–Crippen MR) is 125 cm³/mol. The molecule has 1 aromatic heterocycles. The number of carbonyl (C=O) groups is 2. The van der Waals surface area contributed by atoms with Crippen LogP contribution in [0.5, 0.6) is 0 Å². The van der Waals surface area contributed by atoms with Crippen LogP contribution < -0.4 is 0 Å². The summed E-state index contributed by atoms with van der Waals surface area (Å²) < 4.78 is 1.79. The van der Waals surface area contributed by atoms with Crippen LogP contribution in [0.1, 0.15) is 50.1 Å². The molecule has 33 heavy (non-hydrogen) atoms. The number of amides is 1. The SMILES string of the molecule is O=C(O)C1CCN(C(=O)CC(c2ccccc2)n2nnc3c(Cl)cccc32)C2CCCCC12.